The van der Waals surface area contributed by atoms with Crippen LogP contribution in [0.2, 0.25) is 0 Å². The van der Waals surface area contributed by atoms with Gasteiger partial charge in [-0.2, -0.15) is 31.4 Å². The minimum atomic E-state index is -6.19. The van der Waals surface area contributed by atoms with Crippen molar-refractivity contribution in [2.24, 2.45) is 0 Å². The molecule has 0 aromatic carbocycles. The third-order valence-electron chi connectivity index (χ3n) is 4.40. The van der Waals surface area contributed by atoms with Crippen molar-refractivity contribution in [1.29, 1.82) is 0 Å². The van der Waals surface area contributed by atoms with E-state index in [2.05, 4.69) is 10.1 Å². The Kier molecular flexibility index (Phi) is 6.77. The lowest BCUT2D eigenvalue weighted by molar-refractivity contribution is -0.342. The summed E-state index contributed by atoms with van der Waals surface area (Å²) in [6.07, 6.45) is -10.9. The van der Waals surface area contributed by atoms with E-state index in [1.807, 2.05) is 0 Å². The van der Waals surface area contributed by atoms with Crippen molar-refractivity contribution < 1.29 is 35.5 Å². The average Bonchev–Trinajstić information content (AvgIpc) is 3.04. The summed E-state index contributed by atoms with van der Waals surface area (Å²) < 4.78 is 91.7. The molecule has 2 rings (SSSR count). The highest BCUT2D eigenvalue weighted by Gasteiger charge is 2.72. The van der Waals surface area contributed by atoms with Crippen LogP contribution in [0.4, 0.5) is 36.4 Å². The number of alkyl halides is 7. The number of aryl methyl sites for hydroxylation is 1. The fourth-order valence-corrected chi connectivity index (χ4v) is 2.80. The number of hydrogen-bond acceptors (Lipinski definition) is 3. The van der Waals surface area contributed by atoms with Crippen molar-refractivity contribution in [3.8, 4) is 5.69 Å². The van der Waals surface area contributed by atoms with E-state index in [0.717, 1.165) is 4.90 Å². The van der Waals surface area contributed by atoms with Gasteiger partial charge in [-0.25, -0.2) is 9.07 Å². The number of pyridine rings is 1. The smallest absolute Gasteiger partial charge is 0.309 e. The van der Waals surface area contributed by atoms with Crippen LogP contribution in [0, 0.1) is 6.92 Å². The van der Waals surface area contributed by atoms with Gasteiger partial charge in [-0.1, -0.05) is 6.92 Å². The van der Waals surface area contributed by atoms with Gasteiger partial charge in [-0.05, 0) is 25.5 Å². The largest absolute Gasteiger partial charge is 0.431 e. The van der Waals surface area contributed by atoms with Crippen molar-refractivity contribution in [3.63, 3.8) is 0 Å². The molecule has 0 spiro atoms. The zero-order chi connectivity index (χ0) is 22.7. The Bertz CT molecular complexity index is 848. The van der Waals surface area contributed by atoms with Gasteiger partial charge in [0.2, 0.25) is 5.91 Å². The van der Waals surface area contributed by atoms with Crippen molar-refractivity contribution in [2.75, 3.05) is 11.4 Å². The van der Waals surface area contributed by atoms with Gasteiger partial charge in [0, 0.05) is 25.6 Å². The van der Waals surface area contributed by atoms with Crippen LogP contribution < -0.4 is 4.90 Å². The zero-order valence-corrected chi connectivity index (χ0v) is 16.1. The van der Waals surface area contributed by atoms with Crippen molar-refractivity contribution >= 4 is 11.6 Å². The van der Waals surface area contributed by atoms with Crippen LogP contribution in [0.3, 0.4) is 0 Å². The number of anilines is 1. The van der Waals surface area contributed by atoms with Gasteiger partial charge in [-0.3, -0.25) is 9.78 Å². The van der Waals surface area contributed by atoms with Crippen LogP contribution in [0.25, 0.3) is 5.69 Å². The molecule has 0 radical (unpaired) electrons. The number of nitrogens with zero attached hydrogens (tertiary/aromatic N) is 4. The molecule has 0 aliphatic rings. The molecule has 2 heterocycles. The molecule has 1 amide bonds. The molecule has 0 aliphatic heterocycles. The van der Waals surface area contributed by atoms with E-state index in [9.17, 15) is 35.5 Å². The molecule has 5 nitrogen and oxygen atoms in total. The number of halogens is 7. The molecule has 2 aromatic rings. The lowest BCUT2D eigenvalue weighted by Gasteiger charge is -2.30. The lowest BCUT2D eigenvalue weighted by Crippen LogP contribution is -2.53. The Morgan fingerprint density at radius 3 is 2.27 bits per heavy atom. The van der Waals surface area contributed by atoms with Gasteiger partial charge in [-0.15, -0.1) is 0 Å². The molecule has 0 saturated heterocycles. The fourth-order valence-electron chi connectivity index (χ4n) is 2.80. The van der Waals surface area contributed by atoms with E-state index in [4.69, 9.17) is 0 Å². The maximum absolute atomic E-state index is 13.9. The second-order valence-corrected chi connectivity index (χ2v) is 6.60. The highest BCUT2D eigenvalue weighted by molar-refractivity contribution is 5.93. The topological polar surface area (TPSA) is 51.0 Å². The minimum absolute atomic E-state index is 0.00965. The number of carbonyl (C=O) groups excluding carboxylic acids is 1. The molecule has 166 valence electrons. The number of carbonyl (C=O) groups is 1. The molecule has 0 fully saturated rings. The Balaban J connectivity index is 2.29. The summed E-state index contributed by atoms with van der Waals surface area (Å²) in [5.74, 6) is -1.07. The number of aromatic nitrogens is 3. The molecule has 0 bridgehead atoms. The van der Waals surface area contributed by atoms with Crippen LogP contribution >= 0.6 is 0 Å². The first-order valence-electron chi connectivity index (χ1n) is 8.91. The van der Waals surface area contributed by atoms with Crippen molar-refractivity contribution in [3.05, 3.63) is 36.4 Å². The average molecular weight is 440 g/mol. The third-order valence-corrected chi connectivity index (χ3v) is 4.40. The van der Waals surface area contributed by atoms with Crippen molar-refractivity contribution in [2.45, 2.75) is 51.1 Å². The molecule has 2 aromatic heterocycles. The molecular weight excluding hydrogens is 421 g/mol. The molecule has 30 heavy (non-hydrogen) atoms. The summed E-state index contributed by atoms with van der Waals surface area (Å²) in [6.45, 7) is 3.21. The Morgan fingerprint density at radius 1 is 1.13 bits per heavy atom. The predicted molar refractivity (Wildman–Crippen MR) is 93.9 cm³/mol. The van der Waals surface area contributed by atoms with E-state index in [-0.39, 0.29) is 12.2 Å². The first kappa shape index (κ1) is 23.6. The zero-order valence-electron chi connectivity index (χ0n) is 16.1. The SMILES string of the molecule is CCCN(C(=O)CCC(F)(C(F)(F)F)C(F)(F)F)c1cn(-c2cccnc2)nc1C. The van der Waals surface area contributed by atoms with Crippen LogP contribution in [0.1, 0.15) is 31.9 Å². The Hall–Kier alpha value is -2.66. The summed E-state index contributed by atoms with van der Waals surface area (Å²) in [5.41, 5.74) is -4.41. The summed E-state index contributed by atoms with van der Waals surface area (Å²) >= 11 is 0. The second-order valence-electron chi connectivity index (χ2n) is 6.60. The van der Waals surface area contributed by atoms with Crippen LogP contribution in [-0.4, -0.2) is 45.2 Å². The standard InChI is InChI=1S/C18H19F7N4O/c1-3-9-28(14-11-29(27-12(14)2)13-5-4-8-26-10-13)15(30)6-7-16(19,17(20,21)22)18(23,24)25/h4-5,8,10-11H,3,6-7,9H2,1-2H3. The summed E-state index contributed by atoms with van der Waals surface area (Å²) in [4.78, 5) is 17.4. The summed E-state index contributed by atoms with van der Waals surface area (Å²) in [6, 6.07) is 3.30. The molecule has 0 saturated carbocycles. The Morgan fingerprint density at radius 2 is 1.77 bits per heavy atom. The molecule has 0 atom stereocenters. The summed E-state index contributed by atoms with van der Waals surface area (Å²) in [5, 5.41) is 4.20. The van der Waals surface area contributed by atoms with Gasteiger partial charge in [0.05, 0.1) is 29.5 Å². The van der Waals surface area contributed by atoms with E-state index in [0.29, 0.717) is 17.8 Å². The fraction of sp³-hybridized carbons (Fsp3) is 0.500. The first-order chi connectivity index (χ1) is 13.8. The van der Waals surface area contributed by atoms with Crippen LogP contribution in [-0.2, 0) is 4.79 Å². The number of hydrogen-bond donors (Lipinski definition) is 0. The summed E-state index contributed by atoms with van der Waals surface area (Å²) in [7, 11) is 0. The Labute approximate surface area is 167 Å². The highest BCUT2D eigenvalue weighted by atomic mass is 19.4. The van der Waals surface area contributed by atoms with Gasteiger partial charge < -0.3 is 4.90 Å². The van der Waals surface area contributed by atoms with Crippen LogP contribution in [0.15, 0.2) is 30.7 Å². The van der Waals surface area contributed by atoms with Gasteiger partial charge in [0.25, 0.3) is 5.67 Å². The monoisotopic (exact) mass is 440 g/mol. The molecule has 0 unspecified atom stereocenters. The van der Waals surface area contributed by atoms with E-state index in [1.54, 1.807) is 19.1 Å². The molecular formula is C18H19F7N4O. The minimum Gasteiger partial charge on any atom is -0.309 e. The van der Waals surface area contributed by atoms with Gasteiger partial charge in [0.15, 0.2) is 0 Å². The predicted octanol–water partition coefficient (Wildman–Crippen LogP) is 4.93. The van der Waals surface area contributed by atoms with E-state index in [1.165, 1.54) is 30.2 Å². The quantitative estimate of drug-likeness (QED) is 0.574. The first-order valence-corrected chi connectivity index (χ1v) is 8.91. The number of rotatable bonds is 7. The number of amides is 1. The molecule has 12 heteroatoms. The van der Waals surface area contributed by atoms with Gasteiger partial charge >= 0.3 is 12.4 Å². The highest BCUT2D eigenvalue weighted by Crippen LogP contribution is 2.49. The molecule has 0 N–H and O–H groups in total. The van der Waals surface area contributed by atoms with Crippen LogP contribution in [0.5, 0.6) is 0 Å². The van der Waals surface area contributed by atoms with Crippen molar-refractivity contribution in [1.82, 2.24) is 14.8 Å². The molecule has 0 aliphatic carbocycles. The maximum atomic E-state index is 13.9. The van der Waals surface area contributed by atoms with E-state index < -0.39 is 36.8 Å². The second kappa shape index (κ2) is 8.60. The lowest BCUT2D eigenvalue weighted by atomic mass is 9.97. The normalized spacial score (nSPS) is 12.8. The van der Waals surface area contributed by atoms with Gasteiger partial charge in [0.1, 0.15) is 0 Å². The van der Waals surface area contributed by atoms with E-state index >= 15 is 0 Å². The third kappa shape index (κ3) is 4.73. The maximum Gasteiger partial charge on any atom is 0.431 e.